The summed E-state index contributed by atoms with van der Waals surface area (Å²) in [5.74, 6) is 1.56. The summed E-state index contributed by atoms with van der Waals surface area (Å²) in [5, 5.41) is 18.3. The van der Waals surface area contributed by atoms with Gasteiger partial charge in [-0.2, -0.15) is 0 Å². The van der Waals surface area contributed by atoms with Crippen molar-refractivity contribution in [2.75, 3.05) is 12.4 Å². The van der Waals surface area contributed by atoms with Crippen molar-refractivity contribution in [3.63, 3.8) is 0 Å². The van der Waals surface area contributed by atoms with Crippen molar-refractivity contribution < 1.29 is 4.74 Å². The number of ether oxygens (including phenoxy) is 1. The summed E-state index contributed by atoms with van der Waals surface area (Å²) in [6.07, 6.45) is 0. The molecule has 114 valence electrons. The standard InChI is InChI=1S/C13H14N6OS2/c1-19-13(16-17-18-19)22-8-10-7-21-12(15-10)14-9-3-5-11(20-2)6-4-9/h3-7H,8H2,1-2H3,(H,14,15). The molecule has 0 saturated heterocycles. The number of rotatable bonds is 6. The molecule has 0 bridgehead atoms. The number of hydrogen-bond acceptors (Lipinski definition) is 8. The maximum atomic E-state index is 5.14. The molecule has 0 amide bonds. The van der Waals surface area contributed by atoms with Gasteiger partial charge < -0.3 is 10.1 Å². The Morgan fingerprint density at radius 3 is 2.82 bits per heavy atom. The van der Waals surface area contributed by atoms with Gasteiger partial charge in [0, 0.05) is 23.9 Å². The molecule has 0 spiro atoms. The van der Waals surface area contributed by atoms with E-state index >= 15 is 0 Å². The minimum atomic E-state index is 0.731. The Labute approximate surface area is 135 Å². The Morgan fingerprint density at radius 1 is 1.32 bits per heavy atom. The summed E-state index contributed by atoms with van der Waals surface area (Å²) in [7, 11) is 3.47. The van der Waals surface area contributed by atoms with Crippen LogP contribution in [-0.2, 0) is 12.8 Å². The molecule has 0 aliphatic carbocycles. The van der Waals surface area contributed by atoms with Crippen LogP contribution in [0.2, 0.25) is 0 Å². The van der Waals surface area contributed by atoms with E-state index in [4.69, 9.17) is 4.74 Å². The van der Waals surface area contributed by atoms with Gasteiger partial charge in [0.25, 0.3) is 0 Å². The number of methoxy groups -OCH3 is 1. The van der Waals surface area contributed by atoms with Crippen LogP contribution in [0.25, 0.3) is 0 Å². The number of hydrogen-bond donors (Lipinski definition) is 1. The Morgan fingerprint density at radius 2 is 2.14 bits per heavy atom. The third-order valence-electron chi connectivity index (χ3n) is 2.82. The first-order chi connectivity index (χ1) is 10.7. The second-order valence-corrected chi connectivity index (χ2v) is 6.17. The first-order valence-electron chi connectivity index (χ1n) is 6.45. The average molecular weight is 334 g/mol. The highest BCUT2D eigenvalue weighted by Crippen LogP contribution is 2.26. The fourth-order valence-electron chi connectivity index (χ4n) is 1.71. The molecule has 0 radical (unpaired) electrons. The minimum absolute atomic E-state index is 0.731. The lowest BCUT2D eigenvalue weighted by Gasteiger charge is -2.03. The number of aromatic nitrogens is 5. The van der Waals surface area contributed by atoms with Gasteiger partial charge in [0.1, 0.15) is 5.75 Å². The Bertz CT molecular complexity index is 739. The van der Waals surface area contributed by atoms with E-state index in [1.54, 1.807) is 34.9 Å². The van der Waals surface area contributed by atoms with Gasteiger partial charge in [-0.3, -0.25) is 0 Å². The normalized spacial score (nSPS) is 10.6. The van der Waals surface area contributed by atoms with E-state index in [1.807, 2.05) is 36.7 Å². The van der Waals surface area contributed by atoms with Crippen molar-refractivity contribution in [1.29, 1.82) is 0 Å². The molecular weight excluding hydrogens is 320 g/mol. The van der Waals surface area contributed by atoms with Crippen LogP contribution in [0.1, 0.15) is 5.69 Å². The molecule has 3 rings (SSSR count). The smallest absolute Gasteiger partial charge is 0.209 e. The van der Waals surface area contributed by atoms with Crippen LogP contribution < -0.4 is 10.1 Å². The fraction of sp³-hybridized carbons (Fsp3) is 0.231. The van der Waals surface area contributed by atoms with Crippen molar-refractivity contribution >= 4 is 33.9 Å². The maximum Gasteiger partial charge on any atom is 0.209 e. The third-order valence-corrected chi connectivity index (χ3v) is 4.67. The van der Waals surface area contributed by atoms with Crippen molar-refractivity contribution in [3.05, 3.63) is 35.3 Å². The van der Waals surface area contributed by atoms with Crippen LogP contribution >= 0.6 is 23.1 Å². The summed E-state index contributed by atoms with van der Waals surface area (Å²) in [5.41, 5.74) is 1.97. The third kappa shape index (κ3) is 3.55. The molecule has 2 heterocycles. The van der Waals surface area contributed by atoms with Gasteiger partial charge in [-0.05, 0) is 34.7 Å². The molecule has 0 fully saturated rings. The molecule has 9 heteroatoms. The zero-order chi connectivity index (χ0) is 15.4. The van der Waals surface area contributed by atoms with E-state index in [1.165, 1.54) is 0 Å². The Balaban J connectivity index is 1.59. The Kier molecular flexibility index (Phi) is 4.54. The largest absolute Gasteiger partial charge is 0.497 e. The van der Waals surface area contributed by atoms with E-state index in [9.17, 15) is 0 Å². The highest BCUT2D eigenvalue weighted by atomic mass is 32.2. The van der Waals surface area contributed by atoms with Gasteiger partial charge in [-0.1, -0.05) is 11.8 Å². The van der Waals surface area contributed by atoms with Crippen molar-refractivity contribution in [1.82, 2.24) is 25.2 Å². The highest BCUT2D eigenvalue weighted by molar-refractivity contribution is 7.98. The zero-order valence-electron chi connectivity index (χ0n) is 12.1. The zero-order valence-corrected chi connectivity index (χ0v) is 13.7. The van der Waals surface area contributed by atoms with Gasteiger partial charge in [0.05, 0.1) is 12.8 Å². The predicted octanol–water partition coefficient (Wildman–Crippen LogP) is 2.71. The predicted molar refractivity (Wildman–Crippen MR) is 86.7 cm³/mol. The molecule has 3 aromatic rings. The average Bonchev–Trinajstić information content (AvgIpc) is 3.15. The molecule has 2 aromatic heterocycles. The second kappa shape index (κ2) is 6.75. The van der Waals surface area contributed by atoms with E-state index in [0.717, 1.165) is 33.2 Å². The van der Waals surface area contributed by atoms with Crippen LogP contribution in [0, 0.1) is 0 Å². The SMILES string of the molecule is COc1ccc(Nc2nc(CSc3nnnn3C)cs2)cc1. The van der Waals surface area contributed by atoms with Gasteiger partial charge in [0.15, 0.2) is 5.13 Å². The minimum Gasteiger partial charge on any atom is -0.497 e. The molecule has 1 aromatic carbocycles. The number of thiazole rings is 1. The van der Waals surface area contributed by atoms with Gasteiger partial charge >= 0.3 is 0 Å². The lowest BCUT2D eigenvalue weighted by atomic mass is 10.3. The van der Waals surface area contributed by atoms with Gasteiger partial charge in [-0.25, -0.2) is 9.67 Å². The topological polar surface area (TPSA) is 77.8 Å². The Hall–Kier alpha value is -2.13. The van der Waals surface area contributed by atoms with E-state index in [-0.39, 0.29) is 0 Å². The molecule has 22 heavy (non-hydrogen) atoms. The summed E-state index contributed by atoms with van der Waals surface area (Å²) >= 11 is 3.13. The number of aryl methyl sites for hydroxylation is 1. The quantitative estimate of drug-likeness (QED) is 0.694. The summed E-state index contributed by atoms with van der Waals surface area (Å²) in [6, 6.07) is 7.74. The van der Waals surface area contributed by atoms with Crippen molar-refractivity contribution in [2.24, 2.45) is 7.05 Å². The molecule has 0 aliphatic rings. The molecule has 1 N–H and O–H groups in total. The molecule has 0 atom stereocenters. The number of tetrazole rings is 1. The van der Waals surface area contributed by atoms with Crippen LogP contribution in [-0.4, -0.2) is 32.3 Å². The van der Waals surface area contributed by atoms with Crippen molar-refractivity contribution in [2.45, 2.75) is 10.9 Å². The van der Waals surface area contributed by atoms with Crippen LogP contribution in [0.3, 0.4) is 0 Å². The first kappa shape index (κ1) is 14.8. The number of nitrogens with one attached hydrogen (secondary N) is 1. The lowest BCUT2D eigenvalue weighted by Crippen LogP contribution is -1.94. The molecule has 7 nitrogen and oxygen atoms in total. The van der Waals surface area contributed by atoms with Crippen LogP contribution in [0.15, 0.2) is 34.8 Å². The lowest BCUT2D eigenvalue weighted by molar-refractivity contribution is 0.415. The number of thioether (sulfide) groups is 1. The number of benzene rings is 1. The van der Waals surface area contributed by atoms with E-state index in [2.05, 4.69) is 25.8 Å². The maximum absolute atomic E-state index is 5.14. The molecule has 0 aliphatic heterocycles. The number of nitrogens with zero attached hydrogens (tertiary/aromatic N) is 5. The second-order valence-electron chi connectivity index (χ2n) is 4.37. The highest BCUT2D eigenvalue weighted by Gasteiger charge is 2.07. The number of anilines is 2. The van der Waals surface area contributed by atoms with E-state index in [0.29, 0.717) is 0 Å². The summed E-state index contributed by atoms with van der Waals surface area (Å²) in [4.78, 5) is 4.55. The van der Waals surface area contributed by atoms with Gasteiger partial charge in [-0.15, -0.1) is 16.4 Å². The summed E-state index contributed by atoms with van der Waals surface area (Å²) < 4.78 is 6.79. The van der Waals surface area contributed by atoms with Crippen LogP contribution in [0.5, 0.6) is 5.75 Å². The monoisotopic (exact) mass is 334 g/mol. The summed E-state index contributed by atoms with van der Waals surface area (Å²) in [6.45, 7) is 0. The molecular formula is C13H14N6OS2. The van der Waals surface area contributed by atoms with Crippen molar-refractivity contribution in [3.8, 4) is 5.75 Å². The van der Waals surface area contributed by atoms with Crippen LogP contribution in [0.4, 0.5) is 10.8 Å². The molecule has 0 unspecified atom stereocenters. The van der Waals surface area contributed by atoms with Gasteiger partial charge in [0.2, 0.25) is 5.16 Å². The fourth-order valence-corrected chi connectivity index (χ4v) is 3.29. The molecule has 0 saturated carbocycles. The first-order valence-corrected chi connectivity index (χ1v) is 8.32. The van der Waals surface area contributed by atoms with E-state index < -0.39 is 0 Å².